The van der Waals surface area contributed by atoms with Crippen LogP contribution in [0.25, 0.3) is 11.0 Å². The molecule has 1 amide bonds. The van der Waals surface area contributed by atoms with E-state index in [1.807, 2.05) is 41.3 Å². The van der Waals surface area contributed by atoms with Crippen molar-refractivity contribution >= 4 is 22.7 Å². The molecule has 0 radical (unpaired) electrons. The van der Waals surface area contributed by atoms with E-state index in [1.165, 1.54) is 0 Å². The number of anilines is 1. The molecule has 1 aliphatic heterocycles. The number of hydrogen-bond donors (Lipinski definition) is 0. The van der Waals surface area contributed by atoms with E-state index < -0.39 is 0 Å². The third-order valence-electron chi connectivity index (χ3n) is 4.81. The number of fused-ring (bicyclic) bond motifs is 1. The summed E-state index contributed by atoms with van der Waals surface area (Å²) >= 11 is 0. The predicted octanol–water partition coefficient (Wildman–Crippen LogP) is 2.73. The van der Waals surface area contributed by atoms with Crippen LogP contribution < -0.4 is 9.64 Å². The number of piperazine rings is 1. The van der Waals surface area contributed by atoms with E-state index in [4.69, 9.17) is 9.15 Å². The van der Waals surface area contributed by atoms with Gasteiger partial charge in [-0.3, -0.25) is 4.79 Å². The fourth-order valence-corrected chi connectivity index (χ4v) is 3.33. The number of pyridine rings is 1. The second kappa shape index (κ2) is 7.07. The first kappa shape index (κ1) is 16.4. The maximum absolute atomic E-state index is 12.7. The molecule has 1 saturated heterocycles. The van der Waals surface area contributed by atoms with Crippen molar-refractivity contribution in [3.05, 3.63) is 54.4 Å². The second-order valence-corrected chi connectivity index (χ2v) is 6.36. The number of aromatic nitrogens is 1. The molecule has 0 aliphatic carbocycles. The van der Waals surface area contributed by atoms with E-state index in [0.717, 1.165) is 41.2 Å². The molecule has 0 bridgehead atoms. The monoisotopic (exact) mass is 351 g/mol. The molecule has 1 aromatic carbocycles. The van der Waals surface area contributed by atoms with Gasteiger partial charge in [0.2, 0.25) is 5.91 Å². The van der Waals surface area contributed by atoms with Crippen LogP contribution >= 0.6 is 0 Å². The number of carbonyl (C=O) groups is 1. The zero-order valence-corrected chi connectivity index (χ0v) is 14.7. The molecular formula is C20H21N3O3. The Morgan fingerprint density at radius 3 is 2.77 bits per heavy atom. The van der Waals surface area contributed by atoms with Gasteiger partial charge < -0.3 is 19.0 Å². The van der Waals surface area contributed by atoms with Gasteiger partial charge in [0.1, 0.15) is 17.2 Å². The van der Waals surface area contributed by atoms with Gasteiger partial charge in [-0.25, -0.2) is 4.98 Å². The standard InChI is InChI=1S/C20H21N3O3/c1-25-16-5-6-17-15(14-26-18(17)13-16)12-20(24)23-10-8-22(9-11-23)19-4-2-3-7-21-19/h2-7,13-14H,8-12H2,1H3. The molecule has 0 spiro atoms. The van der Waals surface area contributed by atoms with Gasteiger partial charge in [0, 0.05) is 49.4 Å². The summed E-state index contributed by atoms with van der Waals surface area (Å²) < 4.78 is 10.8. The van der Waals surface area contributed by atoms with Gasteiger partial charge in [-0.15, -0.1) is 0 Å². The molecule has 3 heterocycles. The lowest BCUT2D eigenvalue weighted by molar-refractivity contribution is -0.130. The lowest BCUT2D eigenvalue weighted by Gasteiger charge is -2.35. The molecule has 26 heavy (non-hydrogen) atoms. The number of ether oxygens (including phenoxy) is 1. The highest BCUT2D eigenvalue weighted by molar-refractivity contribution is 5.88. The van der Waals surface area contributed by atoms with Gasteiger partial charge >= 0.3 is 0 Å². The van der Waals surface area contributed by atoms with E-state index in [1.54, 1.807) is 19.6 Å². The van der Waals surface area contributed by atoms with E-state index in [0.29, 0.717) is 19.5 Å². The van der Waals surface area contributed by atoms with Crippen molar-refractivity contribution in [2.75, 3.05) is 38.2 Å². The molecular weight excluding hydrogens is 330 g/mol. The van der Waals surface area contributed by atoms with E-state index >= 15 is 0 Å². The Morgan fingerprint density at radius 2 is 2.04 bits per heavy atom. The lowest BCUT2D eigenvalue weighted by atomic mass is 10.1. The van der Waals surface area contributed by atoms with Gasteiger partial charge in [-0.1, -0.05) is 6.07 Å². The summed E-state index contributed by atoms with van der Waals surface area (Å²) in [6.07, 6.45) is 3.82. The summed E-state index contributed by atoms with van der Waals surface area (Å²) in [5.74, 6) is 1.84. The zero-order valence-electron chi connectivity index (χ0n) is 14.7. The van der Waals surface area contributed by atoms with E-state index in [2.05, 4.69) is 9.88 Å². The number of carbonyl (C=O) groups excluding carboxylic acids is 1. The average Bonchev–Trinajstić information content (AvgIpc) is 3.10. The zero-order chi connectivity index (χ0) is 17.9. The van der Waals surface area contributed by atoms with E-state index in [9.17, 15) is 4.79 Å². The fraction of sp³-hybridized carbons (Fsp3) is 0.300. The Morgan fingerprint density at radius 1 is 1.19 bits per heavy atom. The highest BCUT2D eigenvalue weighted by atomic mass is 16.5. The molecule has 0 N–H and O–H groups in total. The summed E-state index contributed by atoms with van der Waals surface area (Å²) in [6.45, 7) is 3.01. The lowest BCUT2D eigenvalue weighted by Crippen LogP contribution is -2.49. The van der Waals surface area contributed by atoms with Gasteiger partial charge in [0.25, 0.3) is 0 Å². The number of hydrogen-bond acceptors (Lipinski definition) is 5. The maximum Gasteiger partial charge on any atom is 0.227 e. The third kappa shape index (κ3) is 3.22. The first-order valence-corrected chi connectivity index (χ1v) is 8.72. The van der Waals surface area contributed by atoms with Crippen molar-refractivity contribution in [1.82, 2.24) is 9.88 Å². The second-order valence-electron chi connectivity index (χ2n) is 6.36. The topological polar surface area (TPSA) is 58.8 Å². The molecule has 6 nitrogen and oxygen atoms in total. The van der Waals surface area contributed by atoms with Crippen LogP contribution in [0.1, 0.15) is 5.56 Å². The van der Waals surface area contributed by atoms with Crippen LogP contribution in [0, 0.1) is 0 Å². The Balaban J connectivity index is 1.40. The highest BCUT2D eigenvalue weighted by Crippen LogP contribution is 2.26. The molecule has 1 fully saturated rings. The molecule has 6 heteroatoms. The van der Waals surface area contributed by atoms with Crippen molar-refractivity contribution in [2.45, 2.75) is 6.42 Å². The Kier molecular flexibility index (Phi) is 4.48. The van der Waals surface area contributed by atoms with Crippen molar-refractivity contribution in [1.29, 1.82) is 0 Å². The average molecular weight is 351 g/mol. The maximum atomic E-state index is 12.7. The summed E-state index contributed by atoms with van der Waals surface area (Å²) in [4.78, 5) is 21.2. The van der Waals surface area contributed by atoms with Crippen LogP contribution in [-0.2, 0) is 11.2 Å². The van der Waals surface area contributed by atoms with Crippen LogP contribution in [-0.4, -0.2) is 49.1 Å². The van der Waals surface area contributed by atoms with Gasteiger partial charge in [0.05, 0.1) is 19.8 Å². The largest absolute Gasteiger partial charge is 0.497 e. The molecule has 0 saturated carbocycles. The molecule has 0 unspecified atom stereocenters. The SMILES string of the molecule is COc1ccc2c(CC(=O)N3CCN(c4ccccn4)CC3)coc2c1. The summed E-state index contributed by atoms with van der Waals surface area (Å²) in [7, 11) is 1.62. The minimum Gasteiger partial charge on any atom is -0.497 e. The Hall–Kier alpha value is -3.02. The fourth-order valence-electron chi connectivity index (χ4n) is 3.33. The van der Waals surface area contributed by atoms with Crippen molar-refractivity contribution in [3.8, 4) is 5.75 Å². The Bertz CT molecular complexity index is 899. The molecule has 0 atom stereocenters. The summed E-state index contributed by atoms with van der Waals surface area (Å²) in [6, 6.07) is 11.6. The Labute approximate surface area is 152 Å². The number of rotatable bonds is 4. The van der Waals surface area contributed by atoms with Crippen molar-refractivity contribution in [2.24, 2.45) is 0 Å². The molecule has 1 aliphatic rings. The van der Waals surface area contributed by atoms with E-state index in [-0.39, 0.29) is 5.91 Å². The summed E-state index contributed by atoms with van der Waals surface area (Å²) in [5, 5.41) is 0.964. The molecule has 3 aromatic rings. The molecule has 134 valence electrons. The molecule has 2 aromatic heterocycles. The van der Waals surface area contributed by atoms with Gasteiger partial charge in [0.15, 0.2) is 0 Å². The number of benzene rings is 1. The van der Waals surface area contributed by atoms with Crippen LogP contribution in [0.5, 0.6) is 5.75 Å². The number of furan rings is 1. The smallest absolute Gasteiger partial charge is 0.227 e. The minimum atomic E-state index is 0.129. The van der Waals surface area contributed by atoms with Crippen LogP contribution in [0.3, 0.4) is 0 Å². The summed E-state index contributed by atoms with van der Waals surface area (Å²) in [5.41, 5.74) is 1.66. The number of methoxy groups -OCH3 is 1. The minimum absolute atomic E-state index is 0.129. The van der Waals surface area contributed by atoms with Crippen LogP contribution in [0.15, 0.2) is 53.3 Å². The number of amides is 1. The number of nitrogens with zero attached hydrogens (tertiary/aromatic N) is 3. The highest BCUT2D eigenvalue weighted by Gasteiger charge is 2.23. The van der Waals surface area contributed by atoms with Crippen LogP contribution in [0.2, 0.25) is 0 Å². The first-order chi connectivity index (χ1) is 12.7. The van der Waals surface area contributed by atoms with Crippen molar-refractivity contribution < 1.29 is 13.9 Å². The van der Waals surface area contributed by atoms with Gasteiger partial charge in [-0.2, -0.15) is 0 Å². The normalized spacial score (nSPS) is 14.7. The first-order valence-electron chi connectivity index (χ1n) is 8.72. The quantitative estimate of drug-likeness (QED) is 0.723. The molecule has 4 rings (SSSR count). The predicted molar refractivity (Wildman–Crippen MR) is 99.5 cm³/mol. The van der Waals surface area contributed by atoms with Crippen molar-refractivity contribution in [3.63, 3.8) is 0 Å². The van der Waals surface area contributed by atoms with Gasteiger partial charge in [-0.05, 0) is 24.3 Å². The third-order valence-corrected chi connectivity index (χ3v) is 4.81. The van der Waals surface area contributed by atoms with Crippen LogP contribution in [0.4, 0.5) is 5.82 Å².